The smallest absolute Gasteiger partial charge is 0.0218 e. The number of piperidine rings is 1. The van der Waals surface area contributed by atoms with Crippen LogP contribution in [0.5, 0.6) is 0 Å². The van der Waals surface area contributed by atoms with E-state index in [1.54, 1.807) is 0 Å². The second-order valence-corrected chi connectivity index (χ2v) is 5.83. The maximum Gasteiger partial charge on any atom is 0.0218 e. The average Bonchev–Trinajstić information content (AvgIpc) is 2.34. The minimum Gasteiger partial charge on any atom is -0.329 e. The van der Waals surface area contributed by atoms with E-state index in [0.29, 0.717) is 6.04 Å². The van der Waals surface area contributed by atoms with Gasteiger partial charge in [0.15, 0.2) is 0 Å². The van der Waals surface area contributed by atoms with Crippen LogP contribution in [-0.4, -0.2) is 30.6 Å². The van der Waals surface area contributed by atoms with Gasteiger partial charge in [0.1, 0.15) is 0 Å². The van der Waals surface area contributed by atoms with E-state index in [2.05, 4.69) is 18.7 Å². The summed E-state index contributed by atoms with van der Waals surface area (Å²) in [7, 11) is 0. The minimum atomic E-state index is 0.652. The molecule has 2 heteroatoms. The van der Waals surface area contributed by atoms with Gasteiger partial charge in [0.2, 0.25) is 0 Å². The molecule has 102 valence electrons. The van der Waals surface area contributed by atoms with Gasteiger partial charge < -0.3 is 5.73 Å². The summed E-state index contributed by atoms with van der Waals surface area (Å²) in [5.41, 5.74) is 5.95. The molecule has 1 heterocycles. The fourth-order valence-corrected chi connectivity index (χ4v) is 2.99. The van der Waals surface area contributed by atoms with Crippen LogP contribution in [0.2, 0.25) is 0 Å². The van der Waals surface area contributed by atoms with Gasteiger partial charge >= 0.3 is 0 Å². The van der Waals surface area contributed by atoms with Crippen molar-refractivity contribution in [3.63, 3.8) is 0 Å². The quantitative estimate of drug-likeness (QED) is 0.659. The largest absolute Gasteiger partial charge is 0.329 e. The van der Waals surface area contributed by atoms with Gasteiger partial charge in [-0.25, -0.2) is 0 Å². The van der Waals surface area contributed by atoms with Crippen LogP contribution in [0.25, 0.3) is 0 Å². The summed E-state index contributed by atoms with van der Waals surface area (Å²) in [6.07, 6.45) is 11.0. The van der Waals surface area contributed by atoms with Gasteiger partial charge in [-0.2, -0.15) is 0 Å². The molecule has 1 fully saturated rings. The summed E-state index contributed by atoms with van der Waals surface area (Å²) in [5.74, 6) is 0.873. The molecular formula is C15H32N2. The zero-order valence-electron chi connectivity index (χ0n) is 12.0. The summed E-state index contributed by atoms with van der Waals surface area (Å²) in [5, 5.41) is 0. The van der Waals surface area contributed by atoms with E-state index in [9.17, 15) is 0 Å². The number of unbranched alkanes of at least 4 members (excludes halogenated alkanes) is 4. The molecule has 0 spiro atoms. The number of nitrogens with zero attached hydrogens (tertiary/aromatic N) is 1. The van der Waals surface area contributed by atoms with Crippen LogP contribution >= 0.6 is 0 Å². The highest BCUT2D eigenvalue weighted by Gasteiger charge is 2.22. The van der Waals surface area contributed by atoms with E-state index in [0.717, 1.165) is 12.5 Å². The Bertz CT molecular complexity index is 182. The first-order valence-electron chi connectivity index (χ1n) is 7.72. The van der Waals surface area contributed by atoms with Crippen molar-refractivity contribution < 1.29 is 0 Å². The Labute approximate surface area is 108 Å². The van der Waals surface area contributed by atoms with Crippen molar-refractivity contribution in [1.29, 1.82) is 0 Å². The van der Waals surface area contributed by atoms with E-state index in [1.807, 2.05) is 0 Å². The zero-order chi connectivity index (χ0) is 12.5. The highest BCUT2D eigenvalue weighted by molar-refractivity contribution is 4.78. The molecule has 1 rings (SSSR count). The van der Waals surface area contributed by atoms with Crippen LogP contribution in [0, 0.1) is 5.92 Å². The average molecular weight is 240 g/mol. The number of hydrogen-bond donors (Lipinski definition) is 1. The Morgan fingerprint density at radius 1 is 1.24 bits per heavy atom. The predicted octanol–water partition coefficient (Wildman–Crippen LogP) is 3.41. The third-order valence-electron chi connectivity index (χ3n) is 4.12. The Balaban J connectivity index is 2.18. The van der Waals surface area contributed by atoms with Crippen LogP contribution in [0.15, 0.2) is 0 Å². The van der Waals surface area contributed by atoms with E-state index < -0.39 is 0 Å². The minimum absolute atomic E-state index is 0.652. The highest BCUT2D eigenvalue weighted by Crippen LogP contribution is 2.20. The first kappa shape index (κ1) is 15.0. The molecule has 2 nitrogen and oxygen atoms in total. The second-order valence-electron chi connectivity index (χ2n) is 5.83. The van der Waals surface area contributed by atoms with Crippen molar-refractivity contribution in [1.82, 2.24) is 4.90 Å². The fourth-order valence-electron chi connectivity index (χ4n) is 2.99. The highest BCUT2D eigenvalue weighted by atomic mass is 15.2. The maximum atomic E-state index is 5.95. The van der Waals surface area contributed by atoms with Gasteiger partial charge in [-0.3, -0.25) is 4.90 Å². The SMILES string of the molecule is CCCCCCCC(CN)N1CCCC(C)C1. The van der Waals surface area contributed by atoms with Crippen molar-refractivity contribution in [3.8, 4) is 0 Å². The number of rotatable bonds is 8. The van der Waals surface area contributed by atoms with Crippen LogP contribution in [0.3, 0.4) is 0 Å². The van der Waals surface area contributed by atoms with Gasteiger partial charge in [0.25, 0.3) is 0 Å². The molecular weight excluding hydrogens is 208 g/mol. The normalized spacial score (nSPS) is 23.8. The van der Waals surface area contributed by atoms with Gasteiger partial charge in [0, 0.05) is 19.1 Å². The summed E-state index contributed by atoms with van der Waals surface area (Å²) >= 11 is 0. The Morgan fingerprint density at radius 3 is 2.65 bits per heavy atom. The van der Waals surface area contributed by atoms with Crippen molar-refractivity contribution >= 4 is 0 Å². The molecule has 0 aliphatic carbocycles. The predicted molar refractivity (Wildman–Crippen MR) is 76.2 cm³/mol. The first-order valence-corrected chi connectivity index (χ1v) is 7.72. The van der Waals surface area contributed by atoms with Gasteiger partial charge in [-0.05, 0) is 31.7 Å². The Kier molecular flexibility index (Phi) is 7.87. The third-order valence-corrected chi connectivity index (χ3v) is 4.12. The van der Waals surface area contributed by atoms with Crippen LogP contribution < -0.4 is 5.73 Å². The Morgan fingerprint density at radius 2 is 2.00 bits per heavy atom. The fraction of sp³-hybridized carbons (Fsp3) is 1.00. The maximum absolute atomic E-state index is 5.95. The van der Waals surface area contributed by atoms with E-state index in [4.69, 9.17) is 5.73 Å². The molecule has 2 unspecified atom stereocenters. The molecule has 1 aliphatic heterocycles. The molecule has 1 aliphatic rings. The van der Waals surface area contributed by atoms with Crippen LogP contribution in [-0.2, 0) is 0 Å². The van der Waals surface area contributed by atoms with Crippen molar-refractivity contribution in [2.75, 3.05) is 19.6 Å². The molecule has 2 N–H and O–H groups in total. The lowest BCUT2D eigenvalue weighted by Crippen LogP contribution is -2.45. The third kappa shape index (κ3) is 5.87. The van der Waals surface area contributed by atoms with Gasteiger partial charge in [0.05, 0.1) is 0 Å². The molecule has 0 aromatic carbocycles. The van der Waals surface area contributed by atoms with Crippen molar-refractivity contribution in [3.05, 3.63) is 0 Å². The molecule has 0 saturated carbocycles. The molecule has 2 atom stereocenters. The molecule has 1 saturated heterocycles. The number of hydrogen-bond acceptors (Lipinski definition) is 2. The summed E-state index contributed by atoms with van der Waals surface area (Å²) in [6, 6.07) is 0.652. The monoisotopic (exact) mass is 240 g/mol. The molecule has 0 aromatic rings. The molecule has 17 heavy (non-hydrogen) atoms. The standard InChI is InChI=1S/C15H32N2/c1-3-4-5-6-7-10-15(12-16)17-11-8-9-14(2)13-17/h14-15H,3-13,16H2,1-2H3. The second kappa shape index (κ2) is 8.93. The lowest BCUT2D eigenvalue weighted by atomic mass is 9.97. The van der Waals surface area contributed by atoms with Crippen molar-refractivity contribution in [2.45, 2.75) is 71.3 Å². The summed E-state index contributed by atoms with van der Waals surface area (Å²) in [6.45, 7) is 8.05. The lowest BCUT2D eigenvalue weighted by Gasteiger charge is -2.37. The molecule has 0 radical (unpaired) electrons. The topological polar surface area (TPSA) is 29.3 Å². The van der Waals surface area contributed by atoms with Gasteiger partial charge in [-0.15, -0.1) is 0 Å². The van der Waals surface area contributed by atoms with E-state index in [1.165, 1.54) is 64.5 Å². The van der Waals surface area contributed by atoms with Crippen LogP contribution in [0.4, 0.5) is 0 Å². The first-order chi connectivity index (χ1) is 8.27. The van der Waals surface area contributed by atoms with E-state index >= 15 is 0 Å². The van der Waals surface area contributed by atoms with E-state index in [-0.39, 0.29) is 0 Å². The summed E-state index contributed by atoms with van der Waals surface area (Å²) < 4.78 is 0. The van der Waals surface area contributed by atoms with Crippen molar-refractivity contribution in [2.24, 2.45) is 11.7 Å². The molecule has 0 aromatic heterocycles. The van der Waals surface area contributed by atoms with Crippen LogP contribution in [0.1, 0.15) is 65.2 Å². The number of likely N-dealkylation sites (tertiary alicyclic amines) is 1. The Hall–Kier alpha value is -0.0800. The van der Waals surface area contributed by atoms with Gasteiger partial charge in [-0.1, -0.05) is 46.0 Å². The lowest BCUT2D eigenvalue weighted by molar-refractivity contribution is 0.125. The molecule has 0 bridgehead atoms. The zero-order valence-corrected chi connectivity index (χ0v) is 12.0. The summed E-state index contributed by atoms with van der Waals surface area (Å²) in [4.78, 5) is 2.65. The molecule has 0 amide bonds. The number of nitrogens with two attached hydrogens (primary N) is 1.